The quantitative estimate of drug-likeness (QED) is 0.880. The monoisotopic (exact) mass is 383 g/mol. The average molecular weight is 383 g/mol. The first-order valence-corrected chi connectivity index (χ1v) is 10.2. The number of aryl methyl sites for hydroxylation is 1. The second kappa shape index (κ2) is 7.19. The van der Waals surface area contributed by atoms with Gasteiger partial charge in [0.05, 0.1) is 10.8 Å². The molecule has 2 heterocycles. The van der Waals surface area contributed by atoms with Gasteiger partial charge in [-0.15, -0.1) is 11.3 Å². The summed E-state index contributed by atoms with van der Waals surface area (Å²) in [5.74, 6) is -1.26. The zero-order valence-electron chi connectivity index (χ0n) is 13.6. The molecule has 1 saturated heterocycles. The van der Waals surface area contributed by atoms with Crippen LogP contribution in [-0.4, -0.2) is 36.7 Å². The van der Waals surface area contributed by atoms with Crippen LogP contribution in [0.2, 0.25) is 0 Å². The Kier molecular flexibility index (Phi) is 5.16. The average Bonchev–Trinajstić information content (AvgIpc) is 3.10. The number of carbonyl (C=O) groups excluding carboxylic acids is 1. The lowest BCUT2D eigenvalue weighted by molar-refractivity contribution is -0.120. The van der Waals surface area contributed by atoms with Gasteiger partial charge in [0, 0.05) is 24.7 Å². The molecule has 1 fully saturated rings. The molecule has 1 aliphatic rings. The third-order valence-corrected chi connectivity index (χ3v) is 6.75. The number of hydrogen-bond acceptors (Lipinski definition) is 5. The highest BCUT2D eigenvalue weighted by Crippen LogP contribution is 2.26. The van der Waals surface area contributed by atoms with Crippen LogP contribution in [0.5, 0.6) is 0 Å². The van der Waals surface area contributed by atoms with Crippen molar-refractivity contribution in [3.05, 3.63) is 41.2 Å². The van der Waals surface area contributed by atoms with Gasteiger partial charge >= 0.3 is 0 Å². The maximum atomic E-state index is 13.7. The van der Waals surface area contributed by atoms with Crippen molar-refractivity contribution in [2.45, 2.75) is 24.7 Å². The second-order valence-electron chi connectivity index (χ2n) is 5.94. The third kappa shape index (κ3) is 3.88. The van der Waals surface area contributed by atoms with Gasteiger partial charge in [-0.1, -0.05) is 6.07 Å². The first-order chi connectivity index (χ1) is 11.9. The number of anilines is 1. The Morgan fingerprint density at radius 3 is 2.92 bits per heavy atom. The molecule has 0 bridgehead atoms. The molecule has 1 aliphatic heterocycles. The second-order valence-corrected chi connectivity index (χ2v) is 8.77. The van der Waals surface area contributed by atoms with E-state index >= 15 is 0 Å². The Labute approximate surface area is 149 Å². The molecule has 25 heavy (non-hydrogen) atoms. The number of aromatic nitrogens is 1. The van der Waals surface area contributed by atoms with E-state index in [9.17, 15) is 17.6 Å². The molecule has 0 aliphatic carbocycles. The Hall–Kier alpha value is -1.84. The first-order valence-electron chi connectivity index (χ1n) is 7.84. The Morgan fingerprint density at radius 1 is 1.44 bits per heavy atom. The standard InChI is InChI=1S/C16H18FN3O3S2/c1-11-4-5-13(9-14(11)17)25(22,23)20-7-2-3-12(10-20)15(21)19-16-18-6-8-24-16/h4-6,8-9,12H,2-3,7,10H2,1H3,(H,18,19,21). The molecule has 134 valence electrons. The molecule has 6 nitrogen and oxygen atoms in total. The fraction of sp³-hybridized carbons (Fsp3) is 0.375. The number of halogens is 1. The molecule has 0 saturated carbocycles. The number of thiazole rings is 1. The SMILES string of the molecule is Cc1ccc(S(=O)(=O)N2CCCC(C(=O)Nc3nccs3)C2)cc1F. The largest absolute Gasteiger partial charge is 0.302 e. The molecular weight excluding hydrogens is 365 g/mol. The van der Waals surface area contributed by atoms with Gasteiger partial charge in [0.15, 0.2) is 5.13 Å². The number of amides is 1. The molecule has 1 atom stereocenters. The third-order valence-electron chi connectivity index (χ3n) is 4.20. The molecule has 0 spiro atoms. The summed E-state index contributed by atoms with van der Waals surface area (Å²) in [4.78, 5) is 16.3. The molecule has 1 amide bonds. The van der Waals surface area contributed by atoms with Crippen molar-refractivity contribution < 1.29 is 17.6 Å². The highest BCUT2D eigenvalue weighted by molar-refractivity contribution is 7.89. The molecule has 9 heteroatoms. The van der Waals surface area contributed by atoms with Crippen LogP contribution < -0.4 is 5.32 Å². The summed E-state index contributed by atoms with van der Waals surface area (Å²) in [6.07, 6.45) is 2.76. The summed E-state index contributed by atoms with van der Waals surface area (Å²) >= 11 is 1.30. The smallest absolute Gasteiger partial charge is 0.243 e. The number of rotatable bonds is 4. The van der Waals surface area contributed by atoms with Crippen LogP contribution in [-0.2, 0) is 14.8 Å². The van der Waals surface area contributed by atoms with E-state index in [0.717, 1.165) is 6.07 Å². The number of carbonyl (C=O) groups is 1. The van der Waals surface area contributed by atoms with Crippen LogP contribution in [0.15, 0.2) is 34.7 Å². The van der Waals surface area contributed by atoms with Crippen LogP contribution in [0.4, 0.5) is 9.52 Å². The van der Waals surface area contributed by atoms with Crippen molar-refractivity contribution in [1.29, 1.82) is 0 Å². The van der Waals surface area contributed by atoms with Gasteiger partial charge in [0.2, 0.25) is 15.9 Å². The zero-order chi connectivity index (χ0) is 18.0. The van der Waals surface area contributed by atoms with Gasteiger partial charge in [0.1, 0.15) is 5.82 Å². The minimum Gasteiger partial charge on any atom is -0.302 e. The normalized spacial score (nSPS) is 18.9. The number of sulfonamides is 1. The zero-order valence-corrected chi connectivity index (χ0v) is 15.2. The molecule has 3 rings (SSSR count). The molecule has 1 unspecified atom stereocenters. The van der Waals surface area contributed by atoms with Crippen molar-refractivity contribution in [1.82, 2.24) is 9.29 Å². The van der Waals surface area contributed by atoms with E-state index in [1.165, 1.54) is 27.8 Å². The summed E-state index contributed by atoms with van der Waals surface area (Å²) in [7, 11) is -3.83. The van der Waals surface area contributed by atoms with E-state index in [4.69, 9.17) is 0 Å². The molecular formula is C16H18FN3O3S2. The number of benzene rings is 1. The first kappa shape index (κ1) is 18.0. The molecule has 2 aromatic rings. The van der Waals surface area contributed by atoms with Crippen molar-refractivity contribution in [3.8, 4) is 0 Å². The lowest BCUT2D eigenvalue weighted by atomic mass is 9.99. The van der Waals surface area contributed by atoms with Gasteiger partial charge in [0.25, 0.3) is 0 Å². The molecule has 0 radical (unpaired) electrons. The summed E-state index contributed by atoms with van der Waals surface area (Å²) < 4.78 is 40.5. The van der Waals surface area contributed by atoms with Crippen molar-refractivity contribution >= 4 is 32.4 Å². The summed E-state index contributed by atoms with van der Waals surface area (Å²) in [5.41, 5.74) is 0.387. The topological polar surface area (TPSA) is 79.4 Å². The molecule has 1 N–H and O–H groups in total. The fourth-order valence-corrected chi connectivity index (χ4v) is 4.82. The maximum absolute atomic E-state index is 13.7. The van der Waals surface area contributed by atoms with Crippen molar-refractivity contribution in [3.63, 3.8) is 0 Å². The van der Waals surface area contributed by atoms with E-state index in [1.54, 1.807) is 18.5 Å². The summed E-state index contributed by atoms with van der Waals surface area (Å²) in [6, 6.07) is 3.87. The van der Waals surface area contributed by atoms with Gasteiger partial charge in [-0.25, -0.2) is 17.8 Å². The van der Waals surface area contributed by atoms with Crippen molar-refractivity contribution in [2.75, 3.05) is 18.4 Å². The van der Waals surface area contributed by atoms with Crippen LogP contribution in [0, 0.1) is 18.7 Å². The van der Waals surface area contributed by atoms with E-state index in [1.807, 2.05) is 0 Å². The highest BCUT2D eigenvalue weighted by Gasteiger charge is 2.33. The van der Waals surface area contributed by atoms with Crippen LogP contribution in [0.1, 0.15) is 18.4 Å². The van der Waals surface area contributed by atoms with Gasteiger partial charge in [-0.2, -0.15) is 4.31 Å². The van der Waals surface area contributed by atoms with E-state index in [0.29, 0.717) is 30.1 Å². The number of piperidine rings is 1. The predicted octanol–water partition coefficient (Wildman–Crippen LogP) is 2.63. The highest BCUT2D eigenvalue weighted by atomic mass is 32.2. The van der Waals surface area contributed by atoms with E-state index < -0.39 is 21.8 Å². The van der Waals surface area contributed by atoms with E-state index in [-0.39, 0.29) is 17.3 Å². The number of nitrogens with one attached hydrogen (secondary N) is 1. The Morgan fingerprint density at radius 2 is 2.24 bits per heavy atom. The predicted molar refractivity (Wildman–Crippen MR) is 93.4 cm³/mol. The van der Waals surface area contributed by atoms with Gasteiger partial charge < -0.3 is 5.32 Å². The minimum absolute atomic E-state index is 0.0784. The van der Waals surface area contributed by atoms with Crippen LogP contribution in [0.3, 0.4) is 0 Å². The van der Waals surface area contributed by atoms with Crippen molar-refractivity contribution in [2.24, 2.45) is 5.92 Å². The lowest BCUT2D eigenvalue weighted by Gasteiger charge is -2.31. The fourth-order valence-electron chi connectivity index (χ4n) is 2.75. The number of nitrogens with zero attached hydrogens (tertiary/aromatic N) is 2. The maximum Gasteiger partial charge on any atom is 0.243 e. The van der Waals surface area contributed by atoms with Gasteiger partial charge in [-0.05, 0) is 37.5 Å². The minimum atomic E-state index is -3.83. The van der Waals surface area contributed by atoms with Crippen LogP contribution in [0.25, 0.3) is 0 Å². The Bertz CT molecular complexity index is 869. The summed E-state index contributed by atoms with van der Waals surface area (Å²) in [6.45, 7) is 1.97. The lowest BCUT2D eigenvalue weighted by Crippen LogP contribution is -2.43. The summed E-state index contributed by atoms with van der Waals surface area (Å²) in [5, 5.41) is 4.95. The van der Waals surface area contributed by atoms with Gasteiger partial charge in [-0.3, -0.25) is 4.79 Å². The number of hydrogen-bond donors (Lipinski definition) is 1. The Balaban J connectivity index is 1.75. The molecule has 1 aromatic heterocycles. The van der Waals surface area contributed by atoms with Crippen LogP contribution >= 0.6 is 11.3 Å². The molecule has 1 aromatic carbocycles. The van der Waals surface area contributed by atoms with E-state index in [2.05, 4.69) is 10.3 Å².